The Hall–Kier alpha value is -2.82. The zero-order valence-electron chi connectivity index (χ0n) is 15.1. The normalized spacial score (nSPS) is 19.5. The molecular weight excluding hydrogens is 332 g/mol. The quantitative estimate of drug-likeness (QED) is 0.808. The average molecular weight is 354 g/mol. The number of fused-ring (bicyclic) bond motifs is 5. The van der Waals surface area contributed by atoms with Gasteiger partial charge in [0.2, 0.25) is 0 Å². The van der Waals surface area contributed by atoms with Crippen molar-refractivity contribution in [3.8, 4) is 28.7 Å². The minimum Gasteiger partial charge on any atom is -0.508 e. The van der Waals surface area contributed by atoms with E-state index in [9.17, 15) is 10.2 Å². The van der Waals surface area contributed by atoms with E-state index in [1.165, 1.54) is 5.57 Å². The molecule has 4 rings (SSSR count). The van der Waals surface area contributed by atoms with E-state index in [1.807, 2.05) is 26.0 Å². The molecule has 0 amide bonds. The fourth-order valence-electron chi connectivity index (χ4n) is 3.66. The SMILES string of the molecule is COc1cc2c(c(CC=C(C)C)c1O)O[C@H]1c3ccc(O)cc3OC[C@@H]21. The van der Waals surface area contributed by atoms with E-state index in [4.69, 9.17) is 14.2 Å². The highest BCUT2D eigenvalue weighted by Gasteiger charge is 2.43. The summed E-state index contributed by atoms with van der Waals surface area (Å²) < 4.78 is 17.6. The summed E-state index contributed by atoms with van der Waals surface area (Å²) >= 11 is 0. The molecule has 0 aliphatic carbocycles. The first kappa shape index (κ1) is 16.6. The third-order valence-corrected chi connectivity index (χ3v) is 5.01. The van der Waals surface area contributed by atoms with Gasteiger partial charge in [0.1, 0.15) is 23.4 Å². The largest absolute Gasteiger partial charge is 0.508 e. The van der Waals surface area contributed by atoms with Gasteiger partial charge in [-0.05, 0) is 38.5 Å². The zero-order valence-corrected chi connectivity index (χ0v) is 15.1. The highest BCUT2D eigenvalue weighted by molar-refractivity contribution is 5.62. The second-order valence-corrected chi connectivity index (χ2v) is 6.99. The van der Waals surface area contributed by atoms with Crippen LogP contribution in [0.3, 0.4) is 0 Å². The Labute approximate surface area is 152 Å². The van der Waals surface area contributed by atoms with Gasteiger partial charge in [-0.1, -0.05) is 11.6 Å². The lowest BCUT2D eigenvalue weighted by Crippen LogP contribution is -2.23. The smallest absolute Gasteiger partial charge is 0.165 e. The Morgan fingerprint density at radius 3 is 2.77 bits per heavy atom. The van der Waals surface area contributed by atoms with Crippen molar-refractivity contribution in [3.05, 3.63) is 52.6 Å². The summed E-state index contributed by atoms with van der Waals surface area (Å²) in [6, 6.07) is 6.93. The molecule has 5 heteroatoms. The number of aromatic hydroxyl groups is 2. The van der Waals surface area contributed by atoms with Crippen molar-refractivity contribution in [2.24, 2.45) is 0 Å². The Balaban J connectivity index is 1.82. The maximum absolute atomic E-state index is 10.6. The molecule has 0 bridgehead atoms. The minimum absolute atomic E-state index is 0.0157. The van der Waals surface area contributed by atoms with Gasteiger partial charge in [-0.25, -0.2) is 0 Å². The van der Waals surface area contributed by atoms with Crippen molar-refractivity contribution in [3.63, 3.8) is 0 Å². The highest BCUT2D eigenvalue weighted by Crippen LogP contribution is 2.55. The summed E-state index contributed by atoms with van der Waals surface area (Å²) in [5.74, 6) is 2.10. The molecule has 2 N–H and O–H groups in total. The molecule has 0 spiro atoms. The fourth-order valence-corrected chi connectivity index (χ4v) is 3.66. The van der Waals surface area contributed by atoms with Gasteiger partial charge >= 0.3 is 0 Å². The molecule has 0 aromatic heterocycles. The average Bonchev–Trinajstić information content (AvgIpc) is 2.98. The topological polar surface area (TPSA) is 68.2 Å². The minimum atomic E-state index is -0.202. The van der Waals surface area contributed by atoms with Crippen LogP contribution in [-0.2, 0) is 6.42 Å². The van der Waals surface area contributed by atoms with Crippen LogP contribution in [0.15, 0.2) is 35.9 Å². The van der Waals surface area contributed by atoms with Gasteiger partial charge < -0.3 is 24.4 Å². The van der Waals surface area contributed by atoms with E-state index in [0.29, 0.717) is 30.3 Å². The standard InChI is InChI=1S/C21H22O5/c1-11(2)4-6-14-19(23)18(24-3)9-15-16-10-25-17-8-12(22)5-7-13(17)20(16)26-21(14)15/h4-5,7-9,16,20,22-23H,6,10H2,1-3H3/t16-,20-/m0/s1. The second kappa shape index (κ2) is 6.16. The summed E-state index contributed by atoms with van der Waals surface area (Å²) in [5, 5.41) is 20.3. The molecule has 0 unspecified atom stereocenters. The van der Waals surface area contributed by atoms with Crippen LogP contribution < -0.4 is 14.2 Å². The molecule has 136 valence electrons. The number of hydrogen-bond acceptors (Lipinski definition) is 5. The van der Waals surface area contributed by atoms with Gasteiger partial charge in [0.05, 0.1) is 19.6 Å². The number of phenolic OH excluding ortho intramolecular Hbond substituents is 2. The van der Waals surface area contributed by atoms with E-state index in [1.54, 1.807) is 19.2 Å². The van der Waals surface area contributed by atoms with Crippen molar-refractivity contribution in [1.82, 2.24) is 0 Å². The van der Waals surface area contributed by atoms with Gasteiger partial charge in [-0.15, -0.1) is 0 Å². The van der Waals surface area contributed by atoms with Crippen LogP contribution in [0.4, 0.5) is 0 Å². The van der Waals surface area contributed by atoms with Crippen LogP contribution in [0.5, 0.6) is 28.7 Å². The lowest BCUT2D eigenvalue weighted by Gasteiger charge is -2.27. The molecule has 2 aromatic carbocycles. The number of ether oxygens (including phenoxy) is 3. The second-order valence-electron chi connectivity index (χ2n) is 6.99. The lowest BCUT2D eigenvalue weighted by molar-refractivity contribution is 0.138. The fraction of sp³-hybridized carbons (Fsp3) is 0.333. The van der Waals surface area contributed by atoms with Crippen molar-refractivity contribution in [1.29, 1.82) is 0 Å². The Morgan fingerprint density at radius 1 is 1.23 bits per heavy atom. The molecule has 0 saturated carbocycles. The van der Waals surface area contributed by atoms with Crippen LogP contribution in [0.25, 0.3) is 0 Å². The van der Waals surface area contributed by atoms with Crippen molar-refractivity contribution >= 4 is 0 Å². The van der Waals surface area contributed by atoms with E-state index in [0.717, 1.165) is 16.7 Å². The molecule has 26 heavy (non-hydrogen) atoms. The van der Waals surface area contributed by atoms with Gasteiger partial charge in [-0.2, -0.15) is 0 Å². The Bertz CT molecular complexity index is 896. The van der Waals surface area contributed by atoms with Gasteiger partial charge in [-0.3, -0.25) is 0 Å². The number of benzene rings is 2. The van der Waals surface area contributed by atoms with E-state index >= 15 is 0 Å². The molecular formula is C21H22O5. The molecule has 2 aliphatic rings. The van der Waals surface area contributed by atoms with Crippen LogP contribution >= 0.6 is 0 Å². The molecule has 0 radical (unpaired) electrons. The lowest BCUT2D eigenvalue weighted by atomic mass is 9.88. The maximum atomic E-state index is 10.6. The molecule has 2 atom stereocenters. The van der Waals surface area contributed by atoms with Crippen LogP contribution in [-0.4, -0.2) is 23.9 Å². The maximum Gasteiger partial charge on any atom is 0.165 e. The number of allylic oxidation sites excluding steroid dienone is 2. The first-order chi connectivity index (χ1) is 12.5. The predicted molar refractivity (Wildman–Crippen MR) is 97.5 cm³/mol. The van der Waals surface area contributed by atoms with Crippen LogP contribution in [0, 0.1) is 0 Å². The summed E-state index contributed by atoms with van der Waals surface area (Å²) in [7, 11) is 1.55. The molecule has 0 saturated heterocycles. The number of hydrogen-bond donors (Lipinski definition) is 2. The zero-order chi connectivity index (χ0) is 18.4. The summed E-state index contributed by atoms with van der Waals surface area (Å²) in [6.07, 6.45) is 2.42. The number of phenols is 2. The predicted octanol–water partition coefficient (Wildman–Crippen LogP) is 4.22. The van der Waals surface area contributed by atoms with Gasteiger partial charge in [0.25, 0.3) is 0 Å². The van der Waals surface area contributed by atoms with E-state index in [2.05, 4.69) is 6.08 Å². The third-order valence-electron chi connectivity index (χ3n) is 5.01. The van der Waals surface area contributed by atoms with E-state index < -0.39 is 0 Å². The van der Waals surface area contributed by atoms with Crippen molar-refractivity contribution in [2.75, 3.05) is 13.7 Å². The number of rotatable bonds is 3. The Kier molecular flexibility index (Phi) is 3.94. The molecule has 5 nitrogen and oxygen atoms in total. The van der Waals surface area contributed by atoms with Crippen molar-refractivity contribution in [2.45, 2.75) is 32.3 Å². The van der Waals surface area contributed by atoms with Crippen molar-refractivity contribution < 1.29 is 24.4 Å². The van der Waals surface area contributed by atoms with Crippen LogP contribution in [0.1, 0.15) is 42.6 Å². The number of methoxy groups -OCH3 is 1. The molecule has 2 aromatic rings. The summed E-state index contributed by atoms with van der Waals surface area (Å²) in [5.41, 5.74) is 3.79. The molecule has 2 aliphatic heterocycles. The van der Waals surface area contributed by atoms with E-state index in [-0.39, 0.29) is 23.5 Å². The Morgan fingerprint density at radius 2 is 2.04 bits per heavy atom. The monoisotopic (exact) mass is 354 g/mol. The first-order valence-electron chi connectivity index (χ1n) is 8.68. The highest BCUT2D eigenvalue weighted by atomic mass is 16.5. The van der Waals surface area contributed by atoms with Gasteiger partial charge in [0, 0.05) is 22.8 Å². The molecule has 2 heterocycles. The first-order valence-corrected chi connectivity index (χ1v) is 8.68. The molecule has 0 fully saturated rings. The van der Waals surface area contributed by atoms with Gasteiger partial charge in [0.15, 0.2) is 11.5 Å². The van der Waals surface area contributed by atoms with Crippen LogP contribution in [0.2, 0.25) is 0 Å². The third kappa shape index (κ3) is 2.55. The summed E-state index contributed by atoms with van der Waals surface area (Å²) in [6.45, 7) is 4.49. The summed E-state index contributed by atoms with van der Waals surface area (Å²) in [4.78, 5) is 0.